The lowest BCUT2D eigenvalue weighted by molar-refractivity contribution is 0.266. The summed E-state index contributed by atoms with van der Waals surface area (Å²) in [5, 5.41) is 15.4. The van der Waals surface area contributed by atoms with Gasteiger partial charge in [0.05, 0.1) is 24.0 Å². The van der Waals surface area contributed by atoms with Crippen molar-refractivity contribution in [2.24, 2.45) is 0 Å². The lowest BCUT2D eigenvalue weighted by atomic mass is 10.1. The first-order chi connectivity index (χ1) is 15.7. The number of aliphatic hydroxyl groups excluding tert-OH is 1. The maximum Gasteiger partial charge on any atom is 0.166 e. The number of hydrogen-bond donors (Lipinski definition) is 1. The zero-order valence-electron chi connectivity index (χ0n) is 18.8. The van der Waals surface area contributed by atoms with Crippen LogP contribution in [-0.4, -0.2) is 38.9 Å². The number of benzene rings is 2. The van der Waals surface area contributed by atoms with E-state index in [4.69, 9.17) is 21.7 Å². The SMILES string of the molecule is CC.Cc1nn2c(-c3cccc(Cl)c3)cc(N3CCC[C@H]3CO)nc2c1-c1ccccc1. The van der Waals surface area contributed by atoms with Crippen molar-refractivity contribution in [1.29, 1.82) is 0 Å². The van der Waals surface area contributed by atoms with E-state index in [1.54, 1.807) is 0 Å². The van der Waals surface area contributed by atoms with Crippen molar-refractivity contribution in [2.45, 2.75) is 39.7 Å². The molecule has 0 bridgehead atoms. The van der Waals surface area contributed by atoms with Crippen molar-refractivity contribution in [2.75, 3.05) is 18.1 Å². The van der Waals surface area contributed by atoms with Crippen LogP contribution in [0, 0.1) is 6.92 Å². The summed E-state index contributed by atoms with van der Waals surface area (Å²) >= 11 is 6.30. The molecule has 5 nitrogen and oxygen atoms in total. The van der Waals surface area contributed by atoms with Crippen LogP contribution < -0.4 is 4.90 Å². The average molecular weight is 449 g/mol. The number of aromatic nitrogens is 3. The smallest absolute Gasteiger partial charge is 0.166 e. The highest BCUT2D eigenvalue weighted by molar-refractivity contribution is 6.30. The Kier molecular flexibility index (Phi) is 6.77. The van der Waals surface area contributed by atoms with Gasteiger partial charge in [-0.3, -0.25) is 0 Å². The van der Waals surface area contributed by atoms with E-state index in [-0.39, 0.29) is 12.6 Å². The molecular weight excluding hydrogens is 420 g/mol. The van der Waals surface area contributed by atoms with Gasteiger partial charge in [0.15, 0.2) is 5.65 Å². The third-order valence-corrected chi connectivity index (χ3v) is 6.05. The maximum atomic E-state index is 9.87. The molecule has 0 aliphatic carbocycles. The summed E-state index contributed by atoms with van der Waals surface area (Å²) in [5.41, 5.74) is 5.78. The Morgan fingerprint density at radius 1 is 1.03 bits per heavy atom. The van der Waals surface area contributed by atoms with Crippen molar-refractivity contribution in [1.82, 2.24) is 14.6 Å². The summed E-state index contributed by atoms with van der Waals surface area (Å²) in [7, 11) is 0. The molecule has 32 heavy (non-hydrogen) atoms. The summed E-state index contributed by atoms with van der Waals surface area (Å²) in [6, 6.07) is 20.2. The predicted molar refractivity (Wildman–Crippen MR) is 132 cm³/mol. The Labute approximate surface area is 194 Å². The van der Waals surface area contributed by atoms with Gasteiger partial charge < -0.3 is 10.0 Å². The number of aliphatic hydroxyl groups is 1. The zero-order chi connectivity index (χ0) is 22.7. The van der Waals surface area contributed by atoms with E-state index >= 15 is 0 Å². The molecule has 0 amide bonds. The molecule has 4 aromatic rings. The largest absolute Gasteiger partial charge is 0.394 e. The van der Waals surface area contributed by atoms with E-state index in [0.29, 0.717) is 5.02 Å². The molecule has 1 fully saturated rings. The quantitative estimate of drug-likeness (QED) is 0.415. The van der Waals surface area contributed by atoms with Crippen molar-refractivity contribution in [3.8, 4) is 22.4 Å². The molecule has 1 aliphatic heterocycles. The van der Waals surface area contributed by atoms with E-state index in [9.17, 15) is 5.11 Å². The Morgan fingerprint density at radius 3 is 2.50 bits per heavy atom. The molecule has 166 valence electrons. The number of hydrogen-bond acceptors (Lipinski definition) is 4. The molecule has 0 radical (unpaired) electrons. The van der Waals surface area contributed by atoms with Gasteiger partial charge in [-0.05, 0) is 37.5 Å². The van der Waals surface area contributed by atoms with Crippen LogP contribution in [0.3, 0.4) is 0 Å². The van der Waals surface area contributed by atoms with Gasteiger partial charge in [-0.1, -0.05) is 67.9 Å². The molecule has 1 atom stereocenters. The van der Waals surface area contributed by atoms with Crippen LogP contribution in [0.15, 0.2) is 60.7 Å². The van der Waals surface area contributed by atoms with E-state index in [0.717, 1.165) is 58.9 Å². The summed E-state index contributed by atoms with van der Waals surface area (Å²) in [5.74, 6) is 0.867. The summed E-state index contributed by atoms with van der Waals surface area (Å²) in [6.45, 7) is 7.03. The molecule has 2 aromatic carbocycles. The normalized spacial score (nSPS) is 15.7. The topological polar surface area (TPSA) is 53.7 Å². The highest BCUT2D eigenvalue weighted by Gasteiger charge is 2.27. The fraction of sp³-hybridized carbons (Fsp3) is 0.308. The second kappa shape index (κ2) is 9.72. The molecule has 0 unspecified atom stereocenters. The fourth-order valence-electron chi connectivity index (χ4n) is 4.38. The predicted octanol–water partition coefficient (Wildman–Crippen LogP) is 6.01. The zero-order valence-corrected chi connectivity index (χ0v) is 19.5. The van der Waals surface area contributed by atoms with Gasteiger partial charge in [-0.25, -0.2) is 9.50 Å². The van der Waals surface area contributed by atoms with E-state index in [1.807, 2.05) is 67.8 Å². The van der Waals surface area contributed by atoms with Crippen LogP contribution in [0.4, 0.5) is 5.82 Å². The Hall–Kier alpha value is -2.89. The minimum Gasteiger partial charge on any atom is -0.394 e. The second-order valence-electron chi connectivity index (χ2n) is 7.74. The third-order valence-electron chi connectivity index (χ3n) is 5.82. The fourth-order valence-corrected chi connectivity index (χ4v) is 4.57. The summed E-state index contributed by atoms with van der Waals surface area (Å²) < 4.78 is 1.91. The molecule has 0 saturated carbocycles. The average Bonchev–Trinajstić information content (AvgIpc) is 3.44. The van der Waals surface area contributed by atoms with Gasteiger partial charge in [-0.2, -0.15) is 5.10 Å². The molecule has 5 rings (SSSR count). The molecule has 1 aliphatic rings. The molecular formula is C26H29ClN4O. The van der Waals surface area contributed by atoms with Gasteiger partial charge in [0.1, 0.15) is 5.82 Å². The standard InChI is InChI=1S/C24H23ClN4O.C2H6/c1-16-23(17-7-3-2-4-8-17)24-26-22(28-12-6-11-20(28)15-30)14-21(29(24)27-16)18-9-5-10-19(25)13-18;1-2/h2-5,7-10,13-14,20,30H,6,11-12,15H2,1H3;1-2H3/t20-;/m0./s1. The van der Waals surface area contributed by atoms with E-state index in [1.165, 1.54) is 0 Å². The highest BCUT2D eigenvalue weighted by Crippen LogP contribution is 2.35. The van der Waals surface area contributed by atoms with Crippen molar-refractivity contribution in [3.63, 3.8) is 0 Å². The Balaban J connectivity index is 0.00000119. The lowest BCUT2D eigenvalue weighted by Gasteiger charge is -2.25. The number of anilines is 1. The van der Waals surface area contributed by atoms with Crippen LogP contribution in [0.1, 0.15) is 32.4 Å². The van der Waals surface area contributed by atoms with Crippen molar-refractivity contribution >= 4 is 23.1 Å². The number of fused-ring (bicyclic) bond motifs is 1. The van der Waals surface area contributed by atoms with Gasteiger partial charge >= 0.3 is 0 Å². The monoisotopic (exact) mass is 448 g/mol. The number of aryl methyl sites for hydroxylation is 1. The Bertz CT molecular complexity index is 1210. The molecule has 2 aromatic heterocycles. The van der Waals surface area contributed by atoms with Gasteiger partial charge in [0, 0.05) is 28.8 Å². The van der Waals surface area contributed by atoms with Gasteiger partial charge in [0.25, 0.3) is 0 Å². The molecule has 1 N–H and O–H groups in total. The first kappa shape index (κ1) is 22.3. The van der Waals surface area contributed by atoms with Crippen molar-refractivity contribution < 1.29 is 5.11 Å². The molecule has 3 heterocycles. The van der Waals surface area contributed by atoms with E-state index in [2.05, 4.69) is 23.1 Å². The number of nitrogens with zero attached hydrogens (tertiary/aromatic N) is 4. The number of rotatable bonds is 4. The van der Waals surface area contributed by atoms with Crippen LogP contribution in [-0.2, 0) is 0 Å². The highest BCUT2D eigenvalue weighted by atomic mass is 35.5. The summed E-state index contributed by atoms with van der Waals surface area (Å²) in [4.78, 5) is 7.26. The second-order valence-corrected chi connectivity index (χ2v) is 8.18. The maximum absolute atomic E-state index is 9.87. The molecule has 6 heteroatoms. The van der Waals surface area contributed by atoms with Crippen molar-refractivity contribution in [3.05, 3.63) is 71.4 Å². The molecule has 1 saturated heterocycles. The first-order valence-electron chi connectivity index (χ1n) is 11.2. The first-order valence-corrected chi connectivity index (χ1v) is 11.6. The number of halogens is 1. The van der Waals surface area contributed by atoms with Crippen LogP contribution in [0.2, 0.25) is 5.02 Å². The van der Waals surface area contributed by atoms with Gasteiger partial charge in [0.2, 0.25) is 0 Å². The molecule has 0 spiro atoms. The van der Waals surface area contributed by atoms with Gasteiger partial charge in [-0.15, -0.1) is 0 Å². The summed E-state index contributed by atoms with van der Waals surface area (Å²) in [6.07, 6.45) is 2.02. The van der Waals surface area contributed by atoms with Crippen LogP contribution in [0.5, 0.6) is 0 Å². The minimum atomic E-state index is 0.0938. The lowest BCUT2D eigenvalue weighted by Crippen LogP contribution is -2.32. The van der Waals surface area contributed by atoms with Crippen LogP contribution >= 0.6 is 11.6 Å². The van der Waals surface area contributed by atoms with E-state index < -0.39 is 0 Å². The Morgan fingerprint density at radius 2 is 1.78 bits per heavy atom. The van der Waals surface area contributed by atoms with Crippen LogP contribution in [0.25, 0.3) is 28.0 Å². The third kappa shape index (κ3) is 4.10. The minimum absolute atomic E-state index is 0.0938.